The molecule has 0 bridgehead atoms. The predicted molar refractivity (Wildman–Crippen MR) is 127 cm³/mol. The standard InChI is InChI=1S/C26H21N3O5/c30-24-19(14-27-26(32)28-24)15-29(20-10-6-9-18(13-20)17-7-2-1-3-8-17)25(31)23-16-33-21-11-4-5-12-22(21)34-23/h1-14,23H,15-16H2,(H2,27,28,30,32). The second-order valence-corrected chi connectivity index (χ2v) is 7.80. The van der Waals surface area contributed by atoms with E-state index in [-0.39, 0.29) is 24.6 Å². The average Bonchev–Trinajstić information content (AvgIpc) is 2.88. The highest BCUT2D eigenvalue weighted by Gasteiger charge is 2.32. The number of anilines is 1. The Hall–Kier alpha value is -4.59. The molecule has 2 heterocycles. The Kier molecular flexibility index (Phi) is 5.70. The van der Waals surface area contributed by atoms with Crippen LogP contribution in [0, 0.1) is 0 Å². The van der Waals surface area contributed by atoms with Gasteiger partial charge < -0.3 is 19.4 Å². The molecule has 3 aromatic carbocycles. The summed E-state index contributed by atoms with van der Waals surface area (Å²) in [5.74, 6) is 0.679. The van der Waals surface area contributed by atoms with Crippen molar-refractivity contribution in [3.8, 4) is 22.6 Å². The molecule has 1 atom stereocenters. The number of fused-ring (bicyclic) bond motifs is 1. The Morgan fingerprint density at radius 3 is 2.44 bits per heavy atom. The third-order valence-corrected chi connectivity index (χ3v) is 5.54. The van der Waals surface area contributed by atoms with Crippen molar-refractivity contribution in [1.29, 1.82) is 0 Å². The number of benzene rings is 3. The zero-order chi connectivity index (χ0) is 23.5. The van der Waals surface area contributed by atoms with Gasteiger partial charge in [-0.05, 0) is 35.4 Å². The molecule has 1 aliphatic heterocycles. The molecule has 0 aliphatic carbocycles. The van der Waals surface area contributed by atoms with Crippen molar-refractivity contribution in [2.75, 3.05) is 11.5 Å². The maximum atomic E-state index is 13.7. The number of hydrogen-bond acceptors (Lipinski definition) is 5. The van der Waals surface area contributed by atoms with Crippen LogP contribution in [-0.2, 0) is 11.3 Å². The number of rotatable bonds is 5. The summed E-state index contributed by atoms with van der Waals surface area (Å²) in [6.07, 6.45) is 0.410. The van der Waals surface area contributed by atoms with Gasteiger partial charge in [0.1, 0.15) is 6.61 Å². The van der Waals surface area contributed by atoms with Crippen molar-refractivity contribution in [2.24, 2.45) is 0 Å². The van der Waals surface area contributed by atoms with Crippen molar-refractivity contribution >= 4 is 11.6 Å². The third kappa shape index (κ3) is 4.33. The van der Waals surface area contributed by atoms with Gasteiger partial charge in [-0.25, -0.2) is 4.79 Å². The smallest absolute Gasteiger partial charge is 0.325 e. The van der Waals surface area contributed by atoms with Crippen LogP contribution in [0.5, 0.6) is 11.5 Å². The molecule has 170 valence electrons. The molecule has 0 radical (unpaired) electrons. The summed E-state index contributed by atoms with van der Waals surface area (Å²) in [6.45, 7) is -0.0304. The Morgan fingerprint density at radius 1 is 0.912 bits per heavy atom. The number of hydrogen-bond donors (Lipinski definition) is 2. The van der Waals surface area contributed by atoms with Gasteiger partial charge in [-0.15, -0.1) is 0 Å². The molecule has 0 spiro atoms. The lowest BCUT2D eigenvalue weighted by Crippen LogP contribution is -2.47. The maximum absolute atomic E-state index is 13.7. The van der Waals surface area contributed by atoms with E-state index in [1.165, 1.54) is 11.1 Å². The quantitative estimate of drug-likeness (QED) is 0.481. The zero-order valence-corrected chi connectivity index (χ0v) is 18.1. The fourth-order valence-corrected chi connectivity index (χ4v) is 3.82. The maximum Gasteiger partial charge on any atom is 0.325 e. The Labute approximate surface area is 194 Å². The molecular weight excluding hydrogens is 434 g/mol. The average molecular weight is 455 g/mol. The van der Waals surface area contributed by atoms with E-state index in [0.29, 0.717) is 17.2 Å². The van der Waals surface area contributed by atoms with Crippen molar-refractivity contribution in [1.82, 2.24) is 9.97 Å². The van der Waals surface area contributed by atoms with Crippen LogP contribution in [0.25, 0.3) is 11.1 Å². The minimum atomic E-state index is -0.905. The highest BCUT2D eigenvalue weighted by molar-refractivity contribution is 5.97. The topological polar surface area (TPSA) is 104 Å². The fraction of sp³-hybridized carbons (Fsp3) is 0.115. The van der Waals surface area contributed by atoms with Gasteiger partial charge in [-0.3, -0.25) is 14.6 Å². The van der Waals surface area contributed by atoms with E-state index in [1.807, 2.05) is 54.6 Å². The first-order chi connectivity index (χ1) is 16.6. The summed E-state index contributed by atoms with van der Waals surface area (Å²) in [6, 6.07) is 24.4. The number of para-hydroxylation sites is 2. The molecule has 5 rings (SSSR count). The molecule has 0 saturated carbocycles. The van der Waals surface area contributed by atoms with Crippen molar-refractivity contribution in [2.45, 2.75) is 12.6 Å². The molecule has 1 amide bonds. The summed E-state index contributed by atoms with van der Waals surface area (Å²) in [5.41, 5.74) is 1.54. The zero-order valence-electron chi connectivity index (χ0n) is 18.1. The second kappa shape index (κ2) is 9.11. The van der Waals surface area contributed by atoms with Gasteiger partial charge in [-0.1, -0.05) is 54.6 Å². The summed E-state index contributed by atoms with van der Waals surface area (Å²) >= 11 is 0. The van der Waals surface area contributed by atoms with Gasteiger partial charge in [0.15, 0.2) is 11.5 Å². The number of nitrogens with one attached hydrogen (secondary N) is 2. The van der Waals surface area contributed by atoms with E-state index in [2.05, 4.69) is 9.97 Å². The van der Waals surface area contributed by atoms with Crippen LogP contribution >= 0.6 is 0 Å². The lowest BCUT2D eigenvalue weighted by atomic mass is 10.0. The van der Waals surface area contributed by atoms with Crippen molar-refractivity contribution in [3.63, 3.8) is 0 Å². The van der Waals surface area contributed by atoms with Gasteiger partial charge in [0.25, 0.3) is 11.5 Å². The second-order valence-electron chi connectivity index (χ2n) is 7.80. The first-order valence-electron chi connectivity index (χ1n) is 10.7. The van der Waals surface area contributed by atoms with E-state index in [9.17, 15) is 14.4 Å². The highest BCUT2D eigenvalue weighted by atomic mass is 16.6. The van der Waals surface area contributed by atoms with Gasteiger partial charge >= 0.3 is 5.69 Å². The minimum absolute atomic E-state index is 0.0344. The van der Waals surface area contributed by atoms with Crippen LogP contribution in [0.15, 0.2) is 94.6 Å². The van der Waals surface area contributed by atoms with E-state index in [4.69, 9.17) is 9.47 Å². The number of carbonyl (C=O) groups excluding carboxylic acids is 1. The van der Waals surface area contributed by atoms with Gasteiger partial charge in [0, 0.05) is 11.9 Å². The number of amides is 1. The summed E-state index contributed by atoms with van der Waals surface area (Å²) in [5, 5.41) is 0. The number of ether oxygens (including phenoxy) is 2. The van der Waals surface area contributed by atoms with Crippen molar-refractivity contribution in [3.05, 3.63) is 111 Å². The molecular formula is C26H21N3O5. The van der Waals surface area contributed by atoms with Gasteiger partial charge in [0.05, 0.1) is 12.1 Å². The Bertz CT molecular complexity index is 1440. The normalized spacial score (nSPS) is 14.4. The van der Waals surface area contributed by atoms with Crippen LogP contribution < -0.4 is 25.6 Å². The summed E-state index contributed by atoms with van der Waals surface area (Å²) < 4.78 is 11.7. The number of H-pyrrole nitrogens is 2. The largest absolute Gasteiger partial charge is 0.485 e. The van der Waals surface area contributed by atoms with E-state index < -0.39 is 17.4 Å². The molecule has 8 nitrogen and oxygen atoms in total. The first kappa shape index (κ1) is 21.3. The minimum Gasteiger partial charge on any atom is -0.485 e. The number of nitrogens with zero attached hydrogens (tertiary/aromatic N) is 1. The number of aromatic amines is 2. The lowest BCUT2D eigenvalue weighted by Gasteiger charge is -2.31. The number of aromatic nitrogens is 2. The van der Waals surface area contributed by atoms with Crippen LogP contribution in [0.1, 0.15) is 5.56 Å². The van der Waals surface area contributed by atoms with E-state index in [0.717, 1.165) is 11.1 Å². The van der Waals surface area contributed by atoms with E-state index >= 15 is 0 Å². The fourth-order valence-electron chi connectivity index (χ4n) is 3.82. The van der Waals surface area contributed by atoms with E-state index in [1.54, 1.807) is 24.3 Å². The monoisotopic (exact) mass is 455 g/mol. The first-order valence-corrected chi connectivity index (χ1v) is 10.7. The van der Waals surface area contributed by atoms with Crippen LogP contribution in [0.4, 0.5) is 5.69 Å². The molecule has 2 N–H and O–H groups in total. The lowest BCUT2D eigenvalue weighted by molar-refractivity contribution is -0.127. The highest BCUT2D eigenvalue weighted by Crippen LogP contribution is 2.32. The van der Waals surface area contributed by atoms with Gasteiger partial charge in [-0.2, -0.15) is 0 Å². The summed E-state index contributed by atoms with van der Waals surface area (Å²) in [4.78, 5) is 43.7. The molecule has 34 heavy (non-hydrogen) atoms. The molecule has 1 aliphatic rings. The molecule has 1 aromatic heterocycles. The summed E-state index contributed by atoms with van der Waals surface area (Å²) in [7, 11) is 0. The SMILES string of the molecule is O=C(C1COc2ccccc2O1)N(Cc1c[nH]c(=O)[nH]c1=O)c1cccc(-c2ccccc2)c1. The van der Waals surface area contributed by atoms with Gasteiger partial charge in [0.2, 0.25) is 6.10 Å². The Morgan fingerprint density at radius 2 is 1.65 bits per heavy atom. The predicted octanol–water partition coefficient (Wildman–Crippen LogP) is 3.10. The van der Waals surface area contributed by atoms with Crippen LogP contribution in [-0.4, -0.2) is 28.6 Å². The Balaban J connectivity index is 1.52. The molecule has 0 fully saturated rings. The van der Waals surface area contributed by atoms with Crippen LogP contribution in [0.3, 0.4) is 0 Å². The third-order valence-electron chi connectivity index (χ3n) is 5.54. The number of carbonyl (C=O) groups is 1. The molecule has 8 heteroatoms. The van der Waals surface area contributed by atoms with Crippen molar-refractivity contribution < 1.29 is 14.3 Å². The molecule has 1 unspecified atom stereocenters. The van der Waals surface area contributed by atoms with Crippen LogP contribution in [0.2, 0.25) is 0 Å². The molecule has 4 aromatic rings. The molecule has 0 saturated heterocycles.